The number of carbonyl (C=O) groups is 2. The van der Waals surface area contributed by atoms with Crippen LogP contribution >= 0.6 is 0 Å². The average molecular weight is 363 g/mol. The molecule has 0 N–H and O–H groups in total. The quantitative estimate of drug-likeness (QED) is 0.729. The van der Waals surface area contributed by atoms with E-state index in [1.54, 1.807) is 25.3 Å². The molecule has 0 saturated heterocycles. The number of likely N-dealkylation sites (N-methyl/N-ethyl adjacent to an activating group) is 1. The number of nitrogens with zero attached hydrogens (tertiary/aromatic N) is 1. The molecule has 1 amide bonds. The van der Waals surface area contributed by atoms with E-state index < -0.39 is 17.0 Å². The van der Waals surface area contributed by atoms with Crippen molar-refractivity contribution in [3.05, 3.63) is 77.6 Å². The van der Waals surface area contributed by atoms with Crippen LogP contribution in [0.4, 0.5) is 10.1 Å². The first-order valence-corrected chi connectivity index (χ1v) is 9.02. The van der Waals surface area contributed by atoms with E-state index in [4.69, 9.17) is 4.74 Å². The minimum Gasteiger partial charge on any atom is -0.338 e. The Morgan fingerprint density at radius 1 is 1.11 bits per heavy atom. The summed E-state index contributed by atoms with van der Waals surface area (Å²) in [7, 11) is 1.60. The van der Waals surface area contributed by atoms with Gasteiger partial charge in [0.15, 0.2) is 11.4 Å². The topological polar surface area (TPSA) is 46.6 Å². The van der Waals surface area contributed by atoms with Gasteiger partial charge in [-0.25, -0.2) is 4.39 Å². The summed E-state index contributed by atoms with van der Waals surface area (Å²) in [5, 5.41) is 0. The molecule has 2 aromatic carbocycles. The van der Waals surface area contributed by atoms with Crippen molar-refractivity contribution < 1.29 is 18.7 Å². The predicted octanol–water partition coefficient (Wildman–Crippen LogP) is 3.47. The van der Waals surface area contributed by atoms with Gasteiger partial charge in [0, 0.05) is 19.0 Å². The maximum Gasteiger partial charge on any atom is 0.267 e. The van der Waals surface area contributed by atoms with E-state index in [0.29, 0.717) is 24.1 Å². The monoisotopic (exact) mass is 363 g/mol. The van der Waals surface area contributed by atoms with E-state index >= 15 is 0 Å². The van der Waals surface area contributed by atoms with Crippen LogP contribution in [0.15, 0.2) is 60.7 Å². The van der Waals surface area contributed by atoms with Crippen LogP contribution in [0, 0.1) is 5.82 Å². The van der Waals surface area contributed by atoms with Gasteiger partial charge in [0.2, 0.25) is 0 Å². The van der Waals surface area contributed by atoms with Crippen LogP contribution in [0.1, 0.15) is 29.9 Å². The van der Waals surface area contributed by atoms with Crippen LogP contribution in [0.2, 0.25) is 0 Å². The Hall–Kier alpha value is -2.79. The molecule has 136 valence electrons. The highest BCUT2D eigenvalue weighted by Gasteiger charge is 2.61. The number of ether oxygens (including phenoxy) is 1. The number of fused-ring (bicyclic) bond motifs is 2. The SMILES string of the molecule is CN1C(=O)[C@@]2(C=C[C@]3(C[C@@H](c4ccccc4)CC3=O)O2)c2ccc(F)cc21. The number of carbonyl (C=O) groups excluding carboxylic acids is 2. The van der Waals surface area contributed by atoms with Crippen LogP contribution in [0.5, 0.6) is 0 Å². The van der Waals surface area contributed by atoms with Crippen LogP contribution in [0.25, 0.3) is 0 Å². The second kappa shape index (κ2) is 5.36. The van der Waals surface area contributed by atoms with Gasteiger partial charge in [-0.15, -0.1) is 0 Å². The van der Waals surface area contributed by atoms with Gasteiger partial charge in [0.25, 0.3) is 5.91 Å². The maximum absolute atomic E-state index is 13.7. The Balaban J connectivity index is 1.53. The lowest BCUT2D eigenvalue weighted by molar-refractivity contribution is -0.156. The van der Waals surface area contributed by atoms with Crippen LogP contribution in [-0.4, -0.2) is 24.3 Å². The molecule has 2 heterocycles. The standard InChI is InChI=1S/C22H18FNO3/c1-24-18-12-16(23)7-8-17(18)22(20(24)26)10-9-21(27-22)13-15(11-19(21)25)14-5-3-2-4-6-14/h2-10,12,15H,11,13H2,1H3/t15-,21+,22+/m0/s1. The number of ketones is 1. The highest BCUT2D eigenvalue weighted by atomic mass is 19.1. The molecule has 0 aromatic heterocycles. The predicted molar refractivity (Wildman–Crippen MR) is 97.9 cm³/mol. The van der Waals surface area contributed by atoms with Crippen molar-refractivity contribution in [2.24, 2.45) is 0 Å². The van der Waals surface area contributed by atoms with E-state index in [1.165, 1.54) is 17.0 Å². The molecule has 3 aliphatic rings. The molecule has 1 saturated carbocycles. The minimum atomic E-state index is -1.35. The Morgan fingerprint density at radius 3 is 2.67 bits per heavy atom. The van der Waals surface area contributed by atoms with Gasteiger partial charge in [-0.3, -0.25) is 9.59 Å². The first-order chi connectivity index (χ1) is 13.0. The summed E-state index contributed by atoms with van der Waals surface area (Å²) in [6.07, 6.45) is 4.30. The molecule has 1 fully saturated rings. The number of amides is 1. The van der Waals surface area contributed by atoms with Crippen molar-refractivity contribution in [2.75, 3.05) is 11.9 Å². The third-order valence-electron chi connectivity index (χ3n) is 6.00. The van der Waals surface area contributed by atoms with Crippen LogP contribution in [-0.2, 0) is 19.9 Å². The summed E-state index contributed by atoms with van der Waals surface area (Å²) in [6.45, 7) is 0. The largest absolute Gasteiger partial charge is 0.338 e. The zero-order valence-corrected chi connectivity index (χ0v) is 14.8. The fourth-order valence-corrected chi connectivity index (χ4v) is 4.61. The summed E-state index contributed by atoms with van der Waals surface area (Å²) in [4.78, 5) is 27.3. The van der Waals surface area contributed by atoms with Gasteiger partial charge in [0.05, 0.1) is 5.69 Å². The van der Waals surface area contributed by atoms with E-state index in [-0.39, 0.29) is 17.6 Å². The van der Waals surface area contributed by atoms with Crippen molar-refractivity contribution >= 4 is 17.4 Å². The molecule has 3 atom stereocenters. The van der Waals surface area contributed by atoms with E-state index in [2.05, 4.69) is 0 Å². The third kappa shape index (κ3) is 2.12. The van der Waals surface area contributed by atoms with Gasteiger partial charge in [-0.05, 0) is 42.2 Å². The summed E-state index contributed by atoms with van der Waals surface area (Å²) in [5.41, 5.74) is -0.295. The van der Waals surface area contributed by atoms with Gasteiger partial charge >= 0.3 is 0 Å². The number of rotatable bonds is 1. The zero-order chi connectivity index (χ0) is 18.8. The lowest BCUT2D eigenvalue weighted by Gasteiger charge is -2.28. The molecular formula is C22H18FNO3. The Morgan fingerprint density at radius 2 is 1.89 bits per heavy atom. The second-order valence-corrected chi connectivity index (χ2v) is 7.53. The molecule has 0 unspecified atom stereocenters. The Labute approximate surface area is 156 Å². The molecule has 5 rings (SSSR count). The molecular weight excluding hydrogens is 345 g/mol. The van der Waals surface area contributed by atoms with E-state index in [0.717, 1.165) is 5.56 Å². The smallest absolute Gasteiger partial charge is 0.267 e. The number of Topliss-reactive ketones (excluding diaryl/α,β-unsaturated/α-hetero) is 1. The fraction of sp³-hybridized carbons (Fsp3) is 0.273. The van der Waals surface area contributed by atoms with Crippen molar-refractivity contribution in [1.82, 2.24) is 0 Å². The highest BCUT2D eigenvalue weighted by Crippen LogP contribution is 2.54. The van der Waals surface area contributed by atoms with E-state index in [9.17, 15) is 14.0 Å². The average Bonchev–Trinajstić information content (AvgIpc) is 3.28. The summed E-state index contributed by atoms with van der Waals surface area (Å²) < 4.78 is 20.0. The third-order valence-corrected chi connectivity index (χ3v) is 6.00. The lowest BCUT2D eigenvalue weighted by atomic mass is 9.94. The minimum absolute atomic E-state index is 0.0181. The molecule has 2 aromatic rings. The summed E-state index contributed by atoms with van der Waals surface area (Å²) >= 11 is 0. The summed E-state index contributed by atoms with van der Waals surface area (Å²) in [5.74, 6) is -0.675. The lowest BCUT2D eigenvalue weighted by Crippen LogP contribution is -2.44. The van der Waals surface area contributed by atoms with Crippen molar-refractivity contribution in [3.63, 3.8) is 0 Å². The zero-order valence-electron chi connectivity index (χ0n) is 14.8. The fourth-order valence-electron chi connectivity index (χ4n) is 4.61. The van der Waals surface area contributed by atoms with Crippen LogP contribution < -0.4 is 4.90 Å². The molecule has 0 radical (unpaired) electrons. The highest BCUT2D eigenvalue weighted by molar-refractivity contribution is 6.09. The molecule has 2 aliphatic heterocycles. The van der Waals surface area contributed by atoms with Gasteiger partial charge in [-0.1, -0.05) is 36.4 Å². The van der Waals surface area contributed by atoms with Crippen LogP contribution in [0.3, 0.4) is 0 Å². The molecule has 1 aliphatic carbocycles. The first kappa shape index (κ1) is 16.4. The molecule has 5 heteroatoms. The normalized spacial score (nSPS) is 31.5. The number of hydrogen-bond donors (Lipinski definition) is 0. The maximum atomic E-state index is 13.7. The van der Waals surface area contributed by atoms with Crippen molar-refractivity contribution in [1.29, 1.82) is 0 Å². The van der Waals surface area contributed by atoms with Crippen molar-refractivity contribution in [3.8, 4) is 0 Å². The van der Waals surface area contributed by atoms with Crippen molar-refractivity contribution in [2.45, 2.75) is 30.0 Å². The number of anilines is 1. The van der Waals surface area contributed by atoms with Gasteiger partial charge in [0.1, 0.15) is 11.4 Å². The molecule has 4 nitrogen and oxygen atoms in total. The Kier molecular flexibility index (Phi) is 3.25. The molecule has 2 spiro atoms. The number of benzene rings is 2. The van der Waals surface area contributed by atoms with Gasteiger partial charge in [-0.2, -0.15) is 0 Å². The molecule has 0 bridgehead atoms. The molecule has 27 heavy (non-hydrogen) atoms. The summed E-state index contributed by atoms with van der Waals surface area (Å²) in [6, 6.07) is 14.1. The number of hydrogen-bond acceptors (Lipinski definition) is 3. The first-order valence-electron chi connectivity index (χ1n) is 9.02. The Bertz CT molecular complexity index is 1000. The second-order valence-electron chi connectivity index (χ2n) is 7.53. The van der Waals surface area contributed by atoms with E-state index in [1.807, 2.05) is 30.3 Å². The number of halogens is 1. The van der Waals surface area contributed by atoms with Gasteiger partial charge < -0.3 is 9.64 Å².